The average molecular weight is 549 g/mol. The number of hydrogen-bond donors (Lipinski definition) is 4. The van der Waals surface area contributed by atoms with Crippen LogP contribution >= 0.6 is 0 Å². The van der Waals surface area contributed by atoms with E-state index in [1.807, 2.05) is 0 Å². The first-order valence-corrected chi connectivity index (χ1v) is 14.2. The van der Waals surface area contributed by atoms with Crippen molar-refractivity contribution < 1.29 is 43.9 Å². The topological polar surface area (TPSA) is 193 Å². The zero-order valence-corrected chi connectivity index (χ0v) is 21.2. The molecule has 12 nitrogen and oxygen atoms in total. The summed E-state index contributed by atoms with van der Waals surface area (Å²) in [5, 5.41) is 1.58. The Labute approximate surface area is 203 Å². The number of methoxy groups -OCH3 is 1. The Balaban J connectivity index is 2.52. The minimum Gasteiger partial charge on any atom is -0.375 e. The number of anilines is 2. The van der Waals surface area contributed by atoms with E-state index in [4.69, 9.17) is 0 Å². The maximum atomic E-state index is 12.1. The standard InChI is InChI=1S/C20H24N2O10S3/c1-13(2)33(24,25)22-17-9-7-15(19(11-17)35(29,30)31)5-4-14-6-8-16(21-20(23)12-32-3)10-18(14)34(26,27)28/h4-11,13,22H,12H2,1-3H3,(H,21,23)(H,26,27,28)(H,29,30,31)/b5-4+. The van der Waals surface area contributed by atoms with Gasteiger partial charge in [0.2, 0.25) is 15.9 Å². The van der Waals surface area contributed by atoms with Crippen molar-refractivity contribution >= 4 is 59.7 Å². The van der Waals surface area contributed by atoms with E-state index < -0.39 is 51.2 Å². The van der Waals surface area contributed by atoms with Crippen LogP contribution in [0.3, 0.4) is 0 Å². The molecule has 0 atom stereocenters. The summed E-state index contributed by atoms with van der Waals surface area (Å²) in [6.07, 6.45) is 2.31. The van der Waals surface area contributed by atoms with Gasteiger partial charge in [-0.1, -0.05) is 24.3 Å². The summed E-state index contributed by atoms with van der Waals surface area (Å²) < 4.78 is 97.8. The molecule has 0 bridgehead atoms. The van der Waals surface area contributed by atoms with Crippen LogP contribution in [0, 0.1) is 0 Å². The van der Waals surface area contributed by atoms with Gasteiger partial charge < -0.3 is 10.1 Å². The Morgan fingerprint density at radius 1 is 0.886 bits per heavy atom. The molecular weight excluding hydrogens is 524 g/mol. The van der Waals surface area contributed by atoms with Gasteiger partial charge in [-0.05, 0) is 49.2 Å². The van der Waals surface area contributed by atoms with Crippen LogP contribution in [0.25, 0.3) is 12.2 Å². The Morgan fingerprint density at radius 2 is 1.34 bits per heavy atom. The Morgan fingerprint density at radius 3 is 1.77 bits per heavy atom. The van der Waals surface area contributed by atoms with Gasteiger partial charge in [0.05, 0.1) is 5.25 Å². The summed E-state index contributed by atoms with van der Waals surface area (Å²) >= 11 is 0. The molecule has 0 aliphatic heterocycles. The maximum absolute atomic E-state index is 12.1. The predicted molar refractivity (Wildman–Crippen MR) is 130 cm³/mol. The number of ether oxygens (including phenoxy) is 1. The van der Waals surface area contributed by atoms with E-state index in [9.17, 15) is 39.2 Å². The summed E-state index contributed by atoms with van der Waals surface area (Å²) in [7, 11) is -12.1. The first-order valence-electron chi connectivity index (χ1n) is 9.76. The van der Waals surface area contributed by atoms with E-state index >= 15 is 0 Å². The lowest BCUT2D eigenvalue weighted by Crippen LogP contribution is -2.22. The Bertz CT molecular complexity index is 1460. The van der Waals surface area contributed by atoms with Crippen molar-refractivity contribution in [1.29, 1.82) is 0 Å². The Hall–Kier alpha value is -2.82. The largest absolute Gasteiger partial charge is 0.375 e. The van der Waals surface area contributed by atoms with E-state index in [0.29, 0.717) is 0 Å². The van der Waals surface area contributed by atoms with E-state index in [2.05, 4.69) is 14.8 Å². The number of carbonyl (C=O) groups is 1. The molecule has 0 aliphatic rings. The summed E-state index contributed by atoms with van der Waals surface area (Å²) in [6, 6.07) is 6.95. The SMILES string of the molecule is COCC(=O)Nc1ccc(/C=C/c2ccc(NS(=O)(=O)C(C)C)cc2S(=O)(=O)O)c(S(=O)(=O)O)c1. The van der Waals surface area contributed by atoms with Gasteiger partial charge in [0.25, 0.3) is 20.2 Å². The van der Waals surface area contributed by atoms with Gasteiger partial charge in [-0.25, -0.2) is 8.42 Å². The molecule has 2 aromatic rings. The first kappa shape index (κ1) is 28.4. The second-order valence-corrected chi connectivity index (χ2v) is 12.5. The number of benzene rings is 2. The number of amides is 1. The Kier molecular flexibility index (Phi) is 8.80. The van der Waals surface area contributed by atoms with Crippen molar-refractivity contribution in [3.05, 3.63) is 47.5 Å². The number of sulfonamides is 1. The average Bonchev–Trinajstić information content (AvgIpc) is 2.71. The number of hydrogen-bond acceptors (Lipinski definition) is 8. The molecule has 0 fully saturated rings. The van der Waals surface area contributed by atoms with Gasteiger partial charge in [0.15, 0.2) is 0 Å². The fourth-order valence-corrected chi connectivity index (χ4v) is 4.83. The van der Waals surface area contributed by atoms with Crippen molar-refractivity contribution in [2.24, 2.45) is 0 Å². The molecule has 15 heteroatoms. The predicted octanol–water partition coefficient (Wildman–Crippen LogP) is 2.09. The second kappa shape index (κ2) is 10.8. The zero-order valence-electron chi connectivity index (χ0n) is 18.8. The molecule has 0 radical (unpaired) electrons. The quantitative estimate of drug-likeness (QED) is 0.252. The van der Waals surface area contributed by atoms with Gasteiger partial charge >= 0.3 is 0 Å². The van der Waals surface area contributed by atoms with Crippen molar-refractivity contribution in [3.63, 3.8) is 0 Å². The van der Waals surface area contributed by atoms with Crippen LogP contribution in [0.1, 0.15) is 25.0 Å². The van der Waals surface area contributed by atoms with Crippen molar-refractivity contribution in [2.75, 3.05) is 23.8 Å². The van der Waals surface area contributed by atoms with Gasteiger partial charge in [0.1, 0.15) is 16.4 Å². The van der Waals surface area contributed by atoms with E-state index in [1.165, 1.54) is 45.2 Å². The third-order valence-corrected chi connectivity index (χ3v) is 8.05. The van der Waals surface area contributed by atoms with Crippen LogP contribution in [0.5, 0.6) is 0 Å². The normalized spacial score (nSPS) is 12.7. The lowest BCUT2D eigenvalue weighted by atomic mass is 10.1. The maximum Gasteiger partial charge on any atom is 0.295 e. The number of nitrogens with one attached hydrogen (secondary N) is 2. The molecule has 0 heterocycles. The third-order valence-electron chi connectivity index (χ3n) is 4.47. The van der Waals surface area contributed by atoms with Gasteiger partial charge in [-0.3, -0.25) is 18.6 Å². The lowest BCUT2D eigenvalue weighted by Gasteiger charge is -2.12. The van der Waals surface area contributed by atoms with Crippen molar-refractivity contribution in [2.45, 2.75) is 28.9 Å². The van der Waals surface area contributed by atoms with Crippen LogP contribution < -0.4 is 10.0 Å². The molecule has 0 unspecified atom stereocenters. The summed E-state index contributed by atoms with van der Waals surface area (Å²) in [5.41, 5.74) is -0.225. The zero-order chi connectivity index (χ0) is 26.6. The fraction of sp³-hybridized carbons (Fsp3) is 0.250. The third kappa shape index (κ3) is 7.84. The molecule has 0 aromatic heterocycles. The van der Waals surface area contributed by atoms with E-state index in [0.717, 1.165) is 24.3 Å². The molecule has 4 N–H and O–H groups in total. The molecule has 1 amide bonds. The highest BCUT2D eigenvalue weighted by Crippen LogP contribution is 2.26. The highest BCUT2D eigenvalue weighted by Gasteiger charge is 2.20. The molecule has 0 saturated heterocycles. The van der Waals surface area contributed by atoms with Crippen LogP contribution in [-0.2, 0) is 39.8 Å². The molecule has 35 heavy (non-hydrogen) atoms. The van der Waals surface area contributed by atoms with Crippen LogP contribution in [0.15, 0.2) is 46.2 Å². The summed E-state index contributed by atoms with van der Waals surface area (Å²) in [4.78, 5) is 10.4. The van der Waals surface area contributed by atoms with Crippen molar-refractivity contribution in [3.8, 4) is 0 Å². The minimum absolute atomic E-state index is 0.0530. The van der Waals surface area contributed by atoms with Gasteiger partial charge in [-0.15, -0.1) is 0 Å². The molecule has 2 aromatic carbocycles. The van der Waals surface area contributed by atoms with Crippen LogP contribution in [0.4, 0.5) is 11.4 Å². The molecule has 0 saturated carbocycles. The van der Waals surface area contributed by atoms with Crippen molar-refractivity contribution in [1.82, 2.24) is 0 Å². The van der Waals surface area contributed by atoms with Crippen LogP contribution in [-0.4, -0.2) is 59.2 Å². The van der Waals surface area contributed by atoms with Crippen LogP contribution in [0.2, 0.25) is 0 Å². The second-order valence-electron chi connectivity index (χ2n) is 7.47. The summed E-state index contributed by atoms with van der Waals surface area (Å²) in [5.74, 6) is -0.567. The molecule has 0 aliphatic carbocycles. The number of rotatable bonds is 10. The minimum atomic E-state index is -4.81. The van der Waals surface area contributed by atoms with Gasteiger partial charge in [0, 0.05) is 18.5 Å². The molecule has 192 valence electrons. The molecule has 0 spiro atoms. The summed E-state index contributed by atoms with van der Waals surface area (Å²) in [6.45, 7) is 2.55. The smallest absolute Gasteiger partial charge is 0.295 e. The molecule has 2 rings (SSSR count). The first-order chi connectivity index (χ1) is 16.0. The van der Waals surface area contributed by atoms with E-state index in [1.54, 1.807) is 0 Å². The van der Waals surface area contributed by atoms with E-state index in [-0.39, 0.29) is 29.1 Å². The fourth-order valence-electron chi connectivity index (χ4n) is 2.72. The highest BCUT2D eigenvalue weighted by atomic mass is 32.2. The monoisotopic (exact) mass is 548 g/mol. The van der Waals surface area contributed by atoms with Gasteiger partial charge in [-0.2, -0.15) is 16.8 Å². The highest BCUT2D eigenvalue weighted by molar-refractivity contribution is 7.93. The lowest BCUT2D eigenvalue weighted by molar-refractivity contribution is -0.119. The number of carbonyl (C=O) groups excluding carboxylic acids is 1. The molecular formula is C20H24N2O10S3.